The summed E-state index contributed by atoms with van der Waals surface area (Å²) >= 11 is 0. The molecule has 0 aliphatic heterocycles. The number of rotatable bonds is 12. The van der Waals surface area contributed by atoms with Crippen LogP contribution in [0.1, 0.15) is 49.0 Å². The van der Waals surface area contributed by atoms with E-state index < -0.39 is 15.9 Å². The van der Waals surface area contributed by atoms with Crippen LogP contribution in [0.25, 0.3) is 0 Å². The van der Waals surface area contributed by atoms with Gasteiger partial charge in [-0.15, -0.1) is 0 Å². The first kappa shape index (κ1) is 26.0. The minimum atomic E-state index is -3.58. The van der Waals surface area contributed by atoms with Crippen LogP contribution < -0.4 is 10.3 Å². The van der Waals surface area contributed by atoms with Crippen molar-refractivity contribution in [3.8, 4) is 6.07 Å². The van der Waals surface area contributed by atoms with Gasteiger partial charge >= 0.3 is 0 Å². The number of sulfonamides is 1. The van der Waals surface area contributed by atoms with Crippen LogP contribution in [0.3, 0.4) is 0 Å². The summed E-state index contributed by atoms with van der Waals surface area (Å²) in [5, 5.41) is 12.7. The Hall–Kier alpha value is -3.22. The van der Waals surface area contributed by atoms with Crippen molar-refractivity contribution in [3.05, 3.63) is 59.7 Å². The first-order valence-corrected chi connectivity index (χ1v) is 12.4. The van der Waals surface area contributed by atoms with Gasteiger partial charge in [0.05, 0.1) is 23.6 Å². The van der Waals surface area contributed by atoms with Gasteiger partial charge in [-0.25, -0.2) is 13.8 Å². The van der Waals surface area contributed by atoms with Gasteiger partial charge in [0.2, 0.25) is 10.0 Å². The molecule has 2 aromatic carbocycles. The molecule has 176 valence electrons. The molecule has 0 unspecified atom stereocenters. The lowest BCUT2D eigenvalue weighted by atomic mass is 10.2. The molecule has 8 nitrogen and oxygen atoms in total. The SMILES string of the molecule is CCCN(CCC)S(=O)(=O)c1ccc(C(=O)N/N=C\c2ccc(N(C)CCC#N)cc2)cc1. The number of anilines is 1. The lowest BCUT2D eigenvalue weighted by Crippen LogP contribution is -2.32. The maximum atomic E-state index is 12.8. The van der Waals surface area contributed by atoms with Crippen LogP contribution in [0.2, 0.25) is 0 Å². The fourth-order valence-corrected chi connectivity index (χ4v) is 4.79. The second-order valence-electron chi connectivity index (χ2n) is 7.55. The van der Waals surface area contributed by atoms with Crippen molar-refractivity contribution in [1.29, 1.82) is 5.26 Å². The van der Waals surface area contributed by atoms with E-state index in [1.54, 1.807) is 0 Å². The number of hydrogen-bond acceptors (Lipinski definition) is 6. The number of benzene rings is 2. The maximum absolute atomic E-state index is 12.8. The van der Waals surface area contributed by atoms with Gasteiger partial charge in [0.25, 0.3) is 5.91 Å². The molecule has 1 N–H and O–H groups in total. The Labute approximate surface area is 196 Å². The van der Waals surface area contributed by atoms with Gasteiger partial charge in [-0.1, -0.05) is 26.0 Å². The molecule has 0 aliphatic rings. The predicted molar refractivity (Wildman–Crippen MR) is 131 cm³/mol. The highest BCUT2D eigenvalue weighted by atomic mass is 32.2. The largest absolute Gasteiger partial charge is 0.374 e. The molecule has 0 saturated heterocycles. The minimum Gasteiger partial charge on any atom is -0.374 e. The van der Waals surface area contributed by atoms with E-state index in [0.717, 1.165) is 24.1 Å². The lowest BCUT2D eigenvalue weighted by molar-refractivity contribution is 0.0955. The third kappa shape index (κ3) is 7.41. The first-order chi connectivity index (χ1) is 15.8. The number of amides is 1. The predicted octanol–water partition coefficient (Wildman–Crippen LogP) is 3.61. The van der Waals surface area contributed by atoms with Crippen molar-refractivity contribution >= 4 is 27.8 Å². The molecular formula is C24H31N5O3S. The fraction of sp³-hybridized carbons (Fsp3) is 0.375. The van der Waals surface area contributed by atoms with E-state index in [2.05, 4.69) is 16.6 Å². The molecule has 0 atom stereocenters. The Morgan fingerprint density at radius 1 is 1.03 bits per heavy atom. The molecule has 0 aromatic heterocycles. The number of nitriles is 1. The van der Waals surface area contributed by atoms with E-state index in [0.29, 0.717) is 31.6 Å². The standard InChI is InChI=1S/C24H31N5O3S/c1-4-16-29(17-5-2)33(31,32)23-13-9-21(10-14-23)24(30)27-26-19-20-7-11-22(12-8-20)28(3)18-6-15-25/h7-14,19H,4-6,16-18H2,1-3H3,(H,27,30)/b26-19-. The third-order valence-corrected chi connectivity index (χ3v) is 6.89. The minimum absolute atomic E-state index is 0.171. The van der Waals surface area contributed by atoms with E-state index in [1.807, 2.05) is 50.1 Å². The molecule has 2 rings (SSSR count). The van der Waals surface area contributed by atoms with Crippen LogP contribution in [-0.2, 0) is 10.0 Å². The third-order valence-electron chi connectivity index (χ3n) is 4.97. The second kappa shape index (κ2) is 12.7. The summed E-state index contributed by atoms with van der Waals surface area (Å²) in [6, 6.07) is 15.6. The highest BCUT2D eigenvalue weighted by Gasteiger charge is 2.23. The van der Waals surface area contributed by atoms with Crippen molar-refractivity contribution < 1.29 is 13.2 Å². The summed E-state index contributed by atoms with van der Waals surface area (Å²) < 4.78 is 27.1. The zero-order valence-corrected chi connectivity index (χ0v) is 20.2. The van der Waals surface area contributed by atoms with Crippen LogP contribution >= 0.6 is 0 Å². The lowest BCUT2D eigenvalue weighted by Gasteiger charge is -2.21. The summed E-state index contributed by atoms with van der Waals surface area (Å²) in [6.07, 6.45) is 3.45. The summed E-state index contributed by atoms with van der Waals surface area (Å²) in [4.78, 5) is 14.5. The highest BCUT2D eigenvalue weighted by molar-refractivity contribution is 7.89. The Kier molecular flexibility index (Phi) is 10.0. The van der Waals surface area contributed by atoms with Gasteiger partial charge in [0, 0.05) is 37.9 Å². The van der Waals surface area contributed by atoms with Gasteiger partial charge in [0.1, 0.15) is 0 Å². The average molecular weight is 470 g/mol. The first-order valence-electron chi connectivity index (χ1n) is 10.9. The fourth-order valence-electron chi connectivity index (χ4n) is 3.17. The average Bonchev–Trinajstić information content (AvgIpc) is 2.82. The zero-order valence-electron chi connectivity index (χ0n) is 19.4. The van der Waals surface area contributed by atoms with Gasteiger partial charge in [-0.3, -0.25) is 4.79 Å². The van der Waals surface area contributed by atoms with Gasteiger partial charge < -0.3 is 4.90 Å². The Bertz CT molecular complexity index is 1070. The molecule has 0 aliphatic carbocycles. The number of hydrazone groups is 1. The van der Waals surface area contributed by atoms with Gasteiger partial charge in [0.15, 0.2) is 0 Å². The molecule has 1 amide bonds. The zero-order chi connectivity index (χ0) is 24.3. The van der Waals surface area contributed by atoms with Gasteiger partial charge in [-0.2, -0.15) is 14.7 Å². The van der Waals surface area contributed by atoms with Crippen LogP contribution in [0, 0.1) is 11.3 Å². The Balaban J connectivity index is 1.99. The topological polar surface area (TPSA) is 106 Å². The Morgan fingerprint density at radius 3 is 2.18 bits per heavy atom. The van der Waals surface area contributed by atoms with E-state index in [9.17, 15) is 13.2 Å². The van der Waals surface area contributed by atoms with Crippen molar-refractivity contribution in [1.82, 2.24) is 9.73 Å². The van der Waals surface area contributed by atoms with Crippen molar-refractivity contribution in [2.75, 3.05) is 31.6 Å². The molecule has 33 heavy (non-hydrogen) atoms. The maximum Gasteiger partial charge on any atom is 0.271 e. The van der Waals surface area contributed by atoms with E-state index in [-0.39, 0.29) is 4.90 Å². The van der Waals surface area contributed by atoms with Crippen molar-refractivity contribution in [3.63, 3.8) is 0 Å². The summed E-state index contributed by atoms with van der Waals surface area (Å²) in [5.74, 6) is -0.429. The van der Waals surface area contributed by atoms with Crippen LogP contribution in [-0.4, -0.2) is 51.5 Å². The molecule has 9 heteroatoms. The molecule has 2 aromatic rings. The summed E-state index contributed by atoms with van der Waals surface area (Å²) in [6.45, 7) is 5.45. The second-order valence-corrected chi connectivity index (χ2v) is 9.49. The van der Waals surface area contributed by atoms with Crippen molar-refractivity contribution in [2.24, 2.45) is 5.10 Å². The van der Waals surface area contributed by atoms with Gasteiger partial charge in [-0.05, 0) is 54.8 Å². The van der Waals surface area contributed by atoms with E-state index >= 15 is 0 Å². The number of nitrogens with one attached hydrogen (secondary N) is 1. The number of carbonyl (C=O) groups excluding carboxylic acids is 1. The molecule has 0 bridgehead atoms. The smallest absolute Gasteiger partial charge is 0.271 e. The highest BCUT2D eigenvalue weighted by Crippen LogP contribution is 2.17. The normalized spacial score (nSPS) is 11.5. The molecular weight excluding hydrogens is 438 g/mol. The number of nitrogens with zero attached hydrogens (tertiary/aromatic N) is 4. The van der Waals surface area contributed by atoms with Crippen LogP contribution in [0.15, 0.2) is 58.5 Å². The summed E-state index contributed by atoms with van der Waals surface area (Å²) in [5.41, 5.74) is 4.57. The molecule has 0 saturated carbocycles. The quantitative estimate of drug-likeness (QED) is 0.378. The van der Waals surface area contributed by atoms with E-state index in [1.165, 1.54) is 34.8 Å². The van der Waals surface area contributed by atoms with E-state index in [4.69, 9.17) is 5.26 Å². The monoisotopic (exact) mass is 469 g/mol. The number of carbonyl (C=O) groups is 1. The molecule has 0 fully saturated rings. The molecule has 0 radical (unpaired) electrons. The molecule has 0 heterocycles. The summed E-state index contributed by atoms with van der Waals surface area (Å²) in [7, 11) is -1.66. The number of hydrogen-bond donors (Lipinski definition) is 1. The van der Waals surface area contributed by atoms with Crippen LogP contribution in [0.4, 0.5) is 5.69 Å². The molecule has 0 spiro atoms. The Morgan fingerprint density at radius 2 is 1.64 bits per heavy atom. The van der Waals surface area contributed by atoms with Crippen molar-refractivity contribution in [2.45, 2.75) is 38.0 Å². The van der Waals surface area contributed by atoms with Crippen LogP contribution in [0.5, 0.6) is 0 Å².